The van der Waals surface area contributed by atoms with Gasteiger partial charge in [0.05, 0.1) is 44.3 Å². The number of aliphatic hydroxyl groups is 2. The van der Waals surface area contributed by atoms with Crippen molar-refractivity contribution < 1.29 is 106 Å². The number of likely N-dealkylation sites (N-methyl/N-ethyl adjacent to an activating group) is 3. The molecule has 3 aliphatic heterocycles. The summed E-state index contributed by atoms with van der Waals surface area (Å²) in [6.45, 7) is 2.01. The lowest BCUT2D eigenvalue weighted by Crippen LogP contribution is -2.62. The van der Waals surface area contributed by atoms with Crippen LogP contribution in [0.15, 0.2) is 85.2 Å². The first kappa shape index (κ1) is 105. The van der Waals surface area contributed by atoms with E-state index in [9.17, 15) is 72.9 Å². The molecule has 728 valence electrons. The van der Waals surface area contributed by atoms with Crippen LogP contribution >= 0.6 is 11.8 Å². The summed E-state index contributed by atoms with van der Waals surface area (Å²) >= 11 is 0.733. The molecular weight excluding hydrogens is 1770 g/mol. The van der Waals surface area contributed by atoms with Gasteiger partial charge in [-0.3, -0.25) is 96.5 Å². The predicted molar refractivity (Wildman–Crippen MR) is 486 cm³/mol. The summed E-state index contributed by atoms with van der Waals surface area (Å²) < 4.78 is 0. The number of primary amides is 4. The van der Waals surface area contributed by atoms with Gasteiger partial charge in [-0.1, -0.05) is 88.1 Å². The number of aromatic nitrogens is 2. The van der Waals surface area contributed by atoms with Gasteiger partial charge in [-0.2, -0.15) is 0 Å². The van der Waals surface area contributed by atoms with Crippen LogP contribution < -0.4 is 87.2 Å². The van der Waals surface area contributed by atoms with Gasteiger partial charge in [-0.15, -0.1) is 11.8 Å². The Morgan fingerprint density at radius 2 is 0.978 bits per heavy atom. The minimum Gasteiger partial charge on any atom is -0.508 e. The highest BCUT2D eigenvalue weighted by molar-refractivity contribution is 8.00. The second-order valence-corrected chi connectivity index (χ2v) is 34.4. The van der Waals surface area contributed by atoms with Gasteiger partial charge in [-0.05, 0) is 86.4 Å². The maximum atomic E-state index is 15.7. The van der Waals surface area contributed by atoms with Gasteiger partial charge < -0.3 is 137 Å². The summed E-state index contributed by atoms with van der Waals surface area (Å²) in [7, 11) is 3.80. The molecule has 0 aliphatic carbocycles. The van der Waals surface area contributed by atoms with E-state index in [0.29, 0.717) is 64.2 Å². The van der Waals surface area contributed by atoms with E-state index < -0.39 is 272 Å². The molecule has 8 rings (SSSR count). The van der Waals surface area contributed by atoms with E-state index in [2.05, 4.69) is 68.5 Å². The fourth-order valence-corrected chi connectivity index (χ4v) is 16.9. The van der Waals surface area contributed by atoms with Crippen molar-refractivity contribution >= 4 is 152 Å². The third-order valence-electron chi connectivity index (χ3n) is 23.4. The van der Waals surface area contributed by atoms with Crippen molar-refractivity contribution in [3.63, 3.8) is 0 Å². The Bertz CT molecular complexity index is 5130. The van der Waals surface area contributed by atoms with Crippen LogP contribution in [0, 0.1) is 5.41 Å². The zero-order valence-electron chi connectivity index (χ0n) is 75.3. The highest BCUT2D eigenvalue weighted by Gasteiger charge is 2.47. The van der Waals surface area contributed by atoms with Crippen LogP contribution in [0.3, 0.4) is 0 Å². The number of phenols is 1. The standard InChI is InChI=1S/C87H122N24O22S/c1-7-9-22-64-79(126)99-55(21-15-29-94-87(92)93)75(122)106-63(74(121)97-40-71(91)118)43-134-44-72(119)98-58(31-46-25-27-49(113)28-26-46)82(129)107(4)45(3)73(120)102-60(36-69(89)116)84(131)110-30-16-24-65(110)80(127)101-57(35-68(88)115)77(124)104-61(37-70(90)117)85(132)111-41-50(114)34-67(111)81(128)100-56(32-47-38-95-53-19-13-11-17-51(47)53)76(123)105-62(42-112)78(125)103-59(33-48-39-96-54-20-14-12-18-52(48)54)83(130)109(6)66(23-10-8-2)86(133)108(64)5/h11-14,17-20,25-28,38-39,45,50,55-67,95-96,112-114H,7-10,15-16,21-24,29-37,40-44H2,1-6H3,(H2,88,115)(H2,89,116)(H2,90,117)(H2,91,118)(H,97,121)(H,98,119)(H,99,126)(H,100,128)(H,101,127)(H,102,120)(H,103,125)(H,104,124)(H,105,123)(H,106,122)(H4,92,93,94)/t45-,50+,55-,56-,57-,58-,59-,60+,61-,62-,63-,64-,65-,66-,67-/m0/s1. The number of aromatic amines is 2. The molecule has 3 fully saturated rings. The van der Waals surface area contributed by atoms with Crippen molar-refractivity contribution in [3.8, 4) is 5.75 Å². The van der Waals surface area contributed by atoms with E-state index in [1.807, 2.05) is 13.8 Å². The van der Waals surface area contributed by atoms with Crippen molar-refractivity contribution in [1.29, 1.82) is 5.41 Å². The van der Waals surface area contributed by atoms with E-state index in [-0.39, 0.29) is 70.2 Å². The number of aromatic hydroxyl groups is 1. The van der Waals surface area contributed by atoms with E-state index in [1.54, 1.807) is 54.7 Å². The topological polar surface area (TPSA) is 719 Å². The number of benzene rings is 3. The largest absolute Gasteiger partial charge is 0.508 e. The summed E-state index contributed by atoms with van der Waals surface area (Å²) in [5.41, 5.74) is 30.4. The van der Waals surface area contributed by atoms with Crippen molar-refractivity contribution in [1.82, 2.24) is 93.0 Å². The third-order valence-corrected chi connectivity index (χ3v) is 24.5. The van der Waals surface area contributed by atoms with Crippen LogP contribution in [0.4, 0.5) is 0 Å². The number of H-pyrrole nitrogens is 2. The Labute approximate surface area is 775 Å². The molecule has 46 nitrogen and oxygen atoms in total. The summed E-state index contributed by atoms with van der Waals surface area (Å²) in [6.07, 6.45) is -1.77. The number of aliphatic hydroxyl groups excluding tert-OH is 2. The number of phenolic OH excluding ortho intramolecular Hbond substituents is 1. The Hall–Kier alpha value is -14.0. The van der Waals surface area contributed by atoms with Crippen molar-refractivity contribution in [2.75, 3.05) is 65.4 Å². The Morgan fingerprint density at radius 1 is 0.493 bits per heavy atom. The number of amides is 19. The molecule has 0 unspecified atom stereocenters. The lowest BCUT2D eigenvalue weighted by molar-refractivity contribution is -0.149. The fourth-order valence-electron chi connectivity index (χ4n) is 16.1. The monoisotopic (exact) mass is 1890 g/mol. The minimum absolute atomic E-state index is 0.0162. The molecule has 0 saturated carbocycles. The number of hydrogen-bond acceptors (Lipinski definition) is 24. The van der Waals surface area contributed by atoms with E-state index >= 15 is 33.6 Å². The lowest BCUT2D eigenvalue weighted by Gasteiger charge is -2.36. The first-order chi connectivity index (χ1) is 63.6. The number of nitrogens with zero attached hydrogens (tertiary/aromatic N) is 5. The number of hydrogen-bond donors (Lipinski definition) is 22. The van der Waals surface area contributed by atoms with Crippen LogP contribution in [0.1, 0.15) is 127 Å². The van der Waals surface area contributed by atoms with Crippen molar-refractivity contribution in [3.05, 3.63) is 102 Å². The van der Waals surface area contributed by atoms with E-state index in [0.717, 1.165) is 36.3 Å². The quantitative estimate of drug-likeness (QED) is 0.0139. The maximum Gasteiger partial charge on any atom is 0.246 e. The van der Waals surface area contributed by atoms with Crippen LogP contribution in [-0.4, -0.2) is 324 Å². The molecule has 5 aromatic rings. The van der Waals surface area contributed by atoms with Crippen molar-refractivity contribution in [2.24, 2.45) is 28.7 Å². The van der Waals surface area contributed by atoms with Gasteiger partial charge in [0.15, 0.2) is 5.96 Å². The average molecular weight is 1890 g/mol. The summed E-state index contributed by atoms with van der Waals surface area (Å²) in [5.74, 6) is -22.1. The van der Waals surface area contributed by atoms with Crippen LogP contribution in [0.5, 0.6) is 5.75 Å². The molecule has 19 amide bonds. The smallest absolute Gasteiger partial charge is 0.246 e. The number of rotatable bonds is 26. The van der Waals surface area contributed by atoms with Gasteiger partial charge in [0.1, 0.15) is 90.3 Å². The molecule has 0 spiro atoms. The first-order valence-corrected chi connectivity index (χ1v) is 45.2. The van der Waals surface area contributed by atoms with Crippen LogP contribution in [0.2, 0.25) is 0 Å². The number of carbonyl (C=O) groups excluding carboxylic acids is 19. The number of nitrogens with one attached hydrogen (secondary N) is 14. The zero-order chi connectivity index (χ0) is 98.5. The second-order valence-electron chi connectivity index (χ2n) is 33.4. The van der Waals surface area contributed by atoms with Crippen molar-refractivity contribution in [2.45, 2.75) is 221 Å². The maximum absolute atomic E-state index is 15.7. The van der Waals surface area contributed by atoms with Gasteiger partial charge in [-0.25, -0.2) is 0 Å². The molecule has 0 radical (unpaired) electrons. The molecular formula is C87H122N24O22S. The molecule has 27 N–H and O–H groups in total. The van der Waals surface area contributed by atoms with E-state index in [1.165, 1.54) is 58.5 Å². The Kier molecular flexibility index (Phi) is 39.3. The summed E-state index contributed by atoms with van der Waals surface area (Å²) in [4.78, 5) is 285. The molecule has 3 aromatic carbocycles. The molecule has 3 saturated heterocycles. The molecule has 2 aromatic heterocycles. The Balaban J connectivity index is 1.20. The van der Waals surface area contributed by atoms with Gasteiger partial charge in [0, 0.05) is 106 Å². The van der Waals surface area contributed by atoms with E-state index in [4.69, 9.17) is 34.1 Å². The third kappa shape index (κ3) is 29.5. The molecule has 5 heterocycles. The number of thioether (sulfide) groups is 1. The van der Waals surface area contributed by atoms with Gasteiger partial charge in [0.25, 0.3) is 0 Å². The summed E-state index contributed by atoms with van der Waals surface area (Å²) in [5, 5.41) is 69.4. The molecule has 134 heavy (non-hydrogen) atoms. The average Bonchev–Trinajstić information content (AvgIpc) is 1.27. The van der Waals surface area contributed by atoms with Gasteiger partial charge >= 0.3 is 0 Å². The van der Waals surface area contributed by atoms with Crippen LogP contribution in [-0.2, 0) is 110 Å². The highest BCUT2D eigenvalue weighted by Crippen LogP contribution is 2.28. The molecule has 47 heteroatoms. The number of carbonyl (C=O) groups is 19. The number of guanidine groups is 1. The van der Waals surface area contributed by atoms with Gasteiger partial charge in [0.2, 0.25) is 112 Å². The highest BCUT2D eigenvalue weighted by atomic mass is 32.2. The fraction of sp³-hybridized carbons (Fsp3) is 0.517. The minimum atomic E-state index is -2.06. The normalized spacial score (nSPS) is 24.7. The Morgan fingerprint density at radius 3 is 1.56 bits per heavy atom. The van der Waals surface area contributed by atoms with Crippen LogP contribution in [0.25, 0.3) is 21.8 Å². The number of nitrogens with two attached hydrogens (primary N) is 5. The second kappa shape index (κ2) is 50.0. The molecule has 15 atom stereocenters. The molecule has 3 aliphatic rings. The first-order valence-electron chi connectivity index (χ1n) is 44.0. The number of unbranched alkanes of at least 4 members (excludes halogenated alkanes) is 2. The zero-order valence-corrected chi connectivity index (χ0v) is 76.2. The number of para-hydroxylation sites is 2. The number of fused-ring (bicyclic) bond motifs is 4. The molecule has 0 bridgehead atoms. The lowest BCUT2D eigenvalue weighted by atomic mass is 10.00. The summed E-state index contributed by atoms with van der Waals surface area (Å²) in [6, 6.07) is -4.59. The predicted octanol–water partition coefficient (Wildman–Crippen LogP) is -6.19. The SMILES string of the molecule is CCCC[C@H]1C(=O)N(C)[C@@H](CCCC)C(=O)N[C@@H](CCCNC(=N)N)C(=O)N[C@H](C(=O)NCC(N)=O)CSCC(=O)N[C@@H](Cc2ccc(O)cc2)C(=O)N(C)[C@@H](C)C(=O)N[C@H](CC(N)=O)C(=O)N2CCC[C@H]2C(=O)N[C@@H](CC(N)=O)C(=O)N[C@@H](CC(N)=O)C(=O)N2C[C@H](O)C[C@H]2C(=O)N[C@@H](Cc2c[nH]c3ccccc23)C(=O)N[C@@H](CO)C(=O)N[C@@H](Cc2c[nH]c3ccccc23)C(=O)N1C.